The van der Waals surface area contributed by atoms with Gasteiger partial charge >= 0.3 is 0 Å². The van der Waals surface area contributed by atoms with E-state index < -0.39 is 11.6 Å². The highest BCUT2D eigenvalue weighted by atomic mass is 79.9. The van der Waals surface area contributed by atoms with Gasteiger partial charge in [0.2, 0.25) is 0 Å². The van der Waals surface area contributed by atoms with Gasteiger partial charge in [0.25, 0.3) is 0 Å². The second kappa shape index (κ2) is 4.77. The molecule has 0 saturated heterocycles. The number of hydrogen-bond donors (Lipinski definition) is 2. The maximum atomic E-state index is 13.4. The minimum atomic E-state index is -0.760. The maximum absolute atomic E-state index is 13.4. The molecule has 0 spiro atoms. The number of phenols is 1. The third-order valence-electron chi connectivity index (χ3n) is 2.21. The molecule has 1 aromatic carbocycles. The molecule has 4 nitrogen and oxygen atoms in total. The van der Waals surface area contributed by atoms with Crippen molar-refractivity contribution < 1.29 is 14.6 Å². The monoisotopic (exact) mass is 298 g/mol. The van der Waals surface area contributed by atoms with Gasteiger partial charge in [0.1, 0.15) is 0 Å². The number of nitrogens with zero attached hydrogens (tertiary/aromatic N) is 2. The number of aliphatic hydroxyl groups excluding tert-OH is 1. The number of aliphatic hydroxyl groups is 1. The molecule has 0 aliphatic heterocycles. The summed E-state index contributed by atoms with van der Waals surface area (Å²) in [5.74, 6) is -1.27. The molecule has 0 fully saturated rings. The van der Waals surface area contributed by atoms with Crippen LogP contribution in [0.15, 0.2) is 29.0 Å². The van der Waals surface area contributed by atoms with Gasteiger partial charge in [0, 0.05) is 22.4 Å². The van der Waals surface area contributed by atoms with Crippen molar-refractivity contribution in [1.29, 1.82) is 0 Å². The fourth-order valence-corrected chi connectivity index (χ4v) is 1.88. The summed E-state index contributed by atoms with van der Waals surface area (Å²) in [4.78, 5) is 7.91. The van der Waals surface area contributed by atoms with Crippen LogP contribution >= 0.6 is 15.9 Å². The van der Waals surface area contributed by atoms with Crippen LogP contribution < -0.4 is 0 Å². The first-order valence-electron chi connectivity index (χ1n) is 4.72. The summed E-state index contributed by atoms with van der Waals surface area (Å²) in [6.45, 7) is -0.337. The predicted octanol–water partition coefficient (Wildman–Crippen LogP) is 2.24. The van der Waals surface area contributed by atoms with E-state index in [1.54, 1.807) is 0 Å². The molecule has 1 aromatic heterocycles. The predicted molar refractivity (Wildman–Crippen MR) is 62.7 cm³/mol. The lowest BCUT2D eigenvalue weighted by molar-refractivity contribution is 0.277. The van der Waals surface area contributed by atoms with E-state index in [9.17, 15) is 9.50 Å². The lowest BCUT2D eigenvalue weighted by Crippen LogP contribution is -1.97. The van der Waals surface area contributed by atoms with Crippen LogP contribution in [-0.4, -0.2) is 20.2 Å². The Kier molecular flexibility index (Phi) is 3.35. The molecular weight excluding hydrogens is 291 g/mol. The Balaban J connectivity index is 2.68. The zero-order valence-corrected chi connectivity index (χ0v) is 10.1. The normalized spacial score (nSPS) is 10.5. The molecule has 0 aliphatic carbocycles. The van der Waals surface area contributed by atoms with Crippen molar-refractivity contribution >= 4 is 15.9 Å². The quantitative estimate of drug-likeness (QED) is 0.892. The zero-order valence-electron chi connectivity index (χ0n) is 8.56. The molecule has 0 atom stereocenters. The molecule has 0 radical (unpaired) electrons. The van der Waals surface area contributed by atoms with Gasteiger partial charge in [-0.1, -0.05) is 15.9 Å². The highest BCUT2D eigenvalue weighted by Gasteiger charge is 2.15. The van der Waals surface area contributed by atoms with E-state index in [0.717, 1.165) is 6.07 Å². The lowest BCUT2D eigenvalue weighted by Gasteiger charge is -2.08. The van der Waals surface area contributed by atoms with Gasteiger partial charge in [-0.15, -0.1) is 0 Å². The van der Waals surface area contributed by atoms with Gasteiger partial charge in [0.05, 0.1) is 18.0 Å². The first-order chi connectivity index (χ1) is 8.13. The SMILES string of the molecule is OCc1nccnc1-c1cc(Br)cc(F)c1O. The van der Waals surface area contributed by atoms with E-state index in [2.05, 4.69) is 25.9 Å². The summed E-state index contributed by atoms with van der Waals surface area (Å²) in [6.07, 6.45) is 2.83. The van der Waals surface area contributed by atoms with Crippen LogP contribution in [0.2, 0.25) is 0 Å². The van der Waals surface area contributed by atoms with Crippen molar-refractivity contribution in [3.05, 3.63) is 40.5 Å². The molecule has 0 aliphatic rings. The van der Waals surface area contributed by atoms with Gasteiger partial charge in [-0.3, -0.25) is 9.97 Å². The van der Waals surface area contributed by atoms with Gasteiger partial charge < -0.3 is 10.2 Å². The molecule has 0 saturated carbocycles. The number of halogens is 2. The fourth-order valence-electron chi connectivity index (χ4n) is 1.45. The summed E-state index contributed by atoms with van der Waals surface area (Å²) in [5, 5.41) is 18.8. The van der Waals surface area contributed by atoms with Gasteiger partial charge in [-0.25, -0.2) is 4.39 Å². The van der Waals surface area contributed by atoms with Crippen LogP contribution in [0.4, 0.5) is 4.39 Å². The van der Waals surface area contributed by atoms with Gasteiger partial charge in [-0.2, -0.15) is 0 Å². The number of aromatic hydroxyl groups is 1. The number of phenolic OH excluding ortho intramolecular Hbond substituents is 1. The van der Waals surface area contributed by atoms with Crippen molar-refractivity contribution in [3.8, 4) is 17.0 Å². The third kappa shape index (κ3) is 2.27. The van der Waals surface area contributed by atoms with Crippen LogP contribution in [-0.2, 0) is 6.61 Å². The summed E-state index contributed by atoms with van der Waals surface area (Å²) in [5.41, 5.74) is 0.724. The topological polar surface area (TPSA) is 66.2 Å². The second-order valence-electron chi connectivity index (χ2n) is 3.29. The van der Waals surface area contributed by atoms with E-state index in [0.29, 0.717) is 4.47 Å². The van der Waals surface area contributed by atoms with Gasteiger partial charge in [0.15, 0.2) is 11.6 Å². The number of hydrogen-bond acceptors (Lipinski definition) is 4. The highest BCUT2D eigenvalue weighted by Crippen LogP contribution is 2.34. The smallest absolute Gasteiger partial charge is 0.166 e. The fraction of sp³-hybridized carbons (Fsp3) is 0.0909. The molecule has 88 valence electrons. The van der Waals surface area contributed by atoms with E-state index in [1.807, 2.05) is 0 Å². The summed E-state index contributed by atoms with van der Waals surface area (Å²) in [6, 6.07) is 2.66. The molecule has 2 rings (SSSR count). The summed E-state index contributed by atoms with van der Waals surface area (Å²) < 4.78 is 13.8. The second-order valence-corrected chi connectivity index (χ2v) is 4.21. The first kappa shape index (κ1) is 11.9. The molecule has 6 heteroatoms. The van der Waals surface area contributed by atoms with Crippen molar-refractivity contribution in [2.45, 2.75) is 6.61 Å². The Morgan fingerprint density at radius 3 is 2.65 bits per heavy atom. The molecular formula is C11H8BrFN2O2. The van der Waals surface area contributed by atoms with Gasteiger partial charge in [-0.05, 0) is 12.1 Å². The zero-order chi connectivity index (χ0) is 12.4. The number of benzene rings is 1. The van der Waals surface area contributed by atoms with E-state index in [4.69, 9.17) is 5.11 Å². The number of aromatic nitrogens is 2. The minimum absolute atomic E-state index is 0.189. The van der Waals surface area contributed by atoms with Crippen LogP contribution in [0, 0.1) is 5.82 Å². The molecule has 0 amide bonds. The van der Waals surface area contributed by atoms with Crippen LogP contribution in [0.3, 0.4) is 0 Å². The van der Waals surface area contributed by atoms with Crippen molar-refractivity contribution in [2.24, 2.45) is 0 Å². The molecule has 2 aromatic rings. The van der Waals surface area contributed by atoms with E-state index in [-0.39, 0.29) is 23.6 Å². The van der Waals surface area contributed by atoms with E-state index in [1.165, 1.54) is 18.5 Å². The molecule has 2 N–H and O–H groups in total. The van der Waals surface area contributed by atoms with Crippen molar-refractivity contribution in [1.82, 2.24) is 9.97 Å². The highest BCUT2D eigenvalue weighted by molar-refractivity contribution is 9.10. The Labute approximate surface area is 105 Å². The molecule has 1 heterocycles. The Hall–Kier alpha value is -1.53. The third-order valence-corrected chi connectivity index (χ3v) is 2.66. The average molecular weight is 299 g/mol. The Morgan fingerprint density at radius 1 is 1.24 bits per heavy atom. The van der Waals surface area contributed by atoms with Crippen molar-refractivity contribution in [3.63, 3.8) is 0 Å². The van der Waals surface area contributed by atoms with Crippen LogP contribution in [0.5, 0.6) is 5.75 Å². The number of rotatable bonds is 2. The summed E-state index contributed by atoms with van der Waals surface area (Å²) >= 11 is 3.13. The Morgan fingerprint density at radius 2 is 1.94 bits per heavy atom. The lowest BCUT2D eigenvalue weighted by atomic mass is 10.1. The summed E-state index contributed by atoms with van der Waals surface area (Å²) in [7, 11) is 0. The Bertz CT molecular complexity index is 563. The first-order valence-corrected chi connectivity index (χ1v) is 5.52. The largest absolute Gasteiger partial charge is 0.504 e. The van der Waals surface area contributed by atoms with E-state index >= 15 is 0 Å². The van der Waals surface area contributed by atoms with Crippen LogP contribution in [0.25, 0.3) is 11.3 Å². The maximum Gasteiger partial charge on any atom is 0.166 e. The van der Waals surface area contributed by atoms with Crippen LogP contribution in [0.1, 0.15) is 5.69 Å². The minimum Gasteiger partial charge on any atom is -0.504 e. The molecule has 17 heavy (non-hydrogen) atoms. The average Bonchev–Trinajstić information content (AvgIpc) is 2.33. The van der Waals surface area contributed by atoms with Crippen molar-refractivity contribution in [2.75, 3.05) is 0 Å². The molecule has 0 unspecified atom stereocenters. The molecule has 0 bridgehead atoms. The standard InChI is InChI=1S/C11H8BrFN2O2/c12-6-3-7(11(17)8(13)4-6)10-9(5-16)14-1-2-15-10/h1-4,16-17H,5H2.